The molecule has 2 aromatic carbocycles. The quantitative estimate of drug-likeness (QED) is 0.229. The van der Waals surface area contributed by atoms with Crippen LogP contribution in [0.2, 0.25) is 0 Å². The van der Waals surface area contributed by atoms with Crippen LogP contribution < -0.4 is 14.4 Å². The number of hydrogen-bond acceptors (Lipinski definition) is 8. The average molecular weight is 505 g/mol. The van der Waals surface area contributed by atoms with Gasteiger partial charge in [-0.1, -0.05) is 23.5 Å². The number of ketones is 1. The lowest BCUT2D eigenvalue weighted by Gasteiger charge is -2.22. The van der Waals surface area contributed by atoms with E-state index < -0.39 is 17.7 Å². The number of carbonyl (C=O) groups is 2. The van der Waals surface area contributed by atoms with Gasteiger partial charge in [0.15, 0.2) is 16.6 Å². The van der Waals surface area contributed by atoms with Gasteiger partial charge >= 0.3 is 5.91 Å². The largest absolute Gasteiger partial charge is 0.507 e. The fourth-order valence-electron chi connectivity index (χ4n) is 4.55. The van der Waals surface area contributed by atoms with Crippen molar-refractivity contribution in [1.82, 2.24) is 4.98 Å². The van der Waals surface area contributed by atoms with Crippen LogP contribution in [0.25, 0.3) is 16.0 Å². The molecular formula is C26H20N2O5S2. The monoisotopic (exact) mass is 504 g/mol. The second-order valence-corrected chi connectivity index (χ2v) is 10.5. The number of hydrogen-bond donors (Lipinski definition) is 1. The van der Waals surface area contributed by atoms with Crippen LogP contribution in [0.4, 0.5) is 5.13 Å². The minimum absolute atomic E-state index is 0.0290. The van der Waals surface area contributed by atoms with E-state index in [4.69, 9.17) is 14.5 Å². The number of thiophene rings is 1. The van der Waals surface area contributed by atoms with Gasteiger partial charge in [-0.2, -0.15) is 0 Å². The number of rotatable bonds is 3. The molecule has 176 valence electrons. The Morgan fingerprint density at radius 1 is 1.09 bits per heavy atom. The van der Waals surface area contributed by atoms with Crippen molar-refractivity contribution in [3.8, 4) is 11.5 Å². The Balaban J connectivity index is 1.53. The van der Waals surface area contributed by atoms with E-state index in [1.54, 1.807) is 18.2 Å². The fourth-order valence-corrected chi connectivity index (χ4v) is 6.55. The third kappa shape index (κ3) is 3.50. The van der Waals surface area contributed by atoms with Crippen LogP contribution in [0.3, 0.4) is 0 Å². The molecule has 2 aliphatic rings. The van der Waals surface area contributed by atoms with Gasteiger partial charge in [0.25, 0.3) is 5.78 Å². The van der Waals surface area contributed by atoms with Crippen LogP contribution >= 0.6 is 22.7 Å². The Bertz CT molecular complexity index is 1540. The van der Waals surface area contributed by atoms with Crippen LogP contribution in [0, 0.1) is 13.8 Å². The Kier molecular flexibility index (Phi) is 5.12. The number of nitrogens with zero attached hydrogens (tertiary/aromatic N) is 2. The number of anilines is 1. The van der Waals surface area contributed by atoms with E-state index in [-0.39, 0.29) is 11.3 Å². The first kappa shape index (κ1) is 21.8. The summed E-state index contributed by atoms with van der Waals surface area (Å²) in [6.45, 7) is 4.83. The first-order valence-electron chi connectivity index (χ1n) is 11.0. The van der Waals surface area contributed by atoms with Gasteiger partial charge < -0.3 is 14.6 Å². The fraction of sp³-hybridized carbons (Fsp3) is 0.192. The zero-order valence-corrected chi connectivity index (χ0v) is 20.5. The van der Waals surface area contributed by atoms with Gasteiger partial charge in [0.1, 0.15) is 25.0 Å². The minimum Gasteiger partial charge on any atom is -0.507 e. The van der Waals surface area contributed by atoms with Crippen molar-refractivity contribution >= 4 is 55.5 Å². The van der Waals surface area contributed by atoms with Crippen LogP contribution in [0.15, 0.2) is 53.4 Å². The summed E-state index contributed by atoms with van der Waals surface area (Å²) in [6, 6.07) is 12.0. The zero-order chi connectivity index (χ0) is 24.3. The zero-order valence-electron chi connectivity index (χ0n) is 18.9. The summed E-state index contributed by atoms with van der Waals surface area (Å²) in [4.78, 5) is 33.6. The molecule has 0 aliphatic carbocycles. The molecule has 0 spiro atoms. The van der Waals surface area contributed by atoms with Crippen molar-refractivity contribution < 1.29 is 24.2 Å². The Morgan fingerprint density at radius 2 is 1.89 bits per heavy atom. The van der Waals surface area contributed by atoms with E-state index >= 15 is 0 Å². The first-order valence-corrected chi connectivity index (χ1v) is 12.7. The molecule has 9 heteroatoms. The summed E-state index contributed by atoms with van der Waals surface area (Å²) in [5.74, 6) is -0.657. The van der Waals surface area contributed by atoms with E-state index in [9.17, 15) is 14.7 Å². The summed E-state index contributed by atoms with van der Waals surface area (Å²) < 4.78 is 12.1. The molecule has 1 saturated heterocycles. The van der Waals surface area contributed by atoms with Gasteiger partial charge in [-0.05, 0) is 60.7 Å². The van der Waals surface area contributed by atoms with Crippen molar-refractivity contribution in [2.45, 2.75) is 19.9 Å². The van der Waals surface area contributed by atoms with Crippen LogP contribution in [-0.2, 0) is 9.59 Å². The molecule has 1 unspecified atom stereocenters. The maximum atomic E-state index is 13.4. The molecule has 6 rings (SSSR count). The number of amides is 1. The van der Waals surface area contributed by atoms with Crippen molar-refractivity contribution in [3.63, 3.8) is 0 Å². The molecule has 1 N–H and O–H groups in total. The molecule has 2 aromatic heterocycles. The highest BCUT2D eigenvalue weighted by Crippen LogP contribution is 2.46. The third-order valence-corrected chi connectivity index (χ3v) is 8.02. The molecule has 2 aliphatic heterocycles. The van der Waals surface area contributed by atoms with E-state index in [1.165, 1.54) is 27.6 Å². The third-order valence-electron chi connectivity index (χ3n) is 6.10. The second-order valence-electron chi connectivity index (χ2n) is 8.47. The maximum Gasteiger partial charge on any atom is 0.301 e. The molecule has 1 amide bonds. The van der Waals surface area contributed by atoms with E-state index in [0.717, 1.165) is 26.2 Å². The predicted molar refractivity (Wildman–Crippen MR) is 136 cm³/mol. The molecule has 7 nitrogen and oxygen atoms in total. The van der Waals surface area contributed by atoms with Gasteiger partial charge in [-0.15, -0.1) is 11.3 Å². The standard InChI is InChI=1S/C26H20N2O5S2/c1-13-10-14(2)21-19(11-13)35-26(27-21)28-22(18-4-3-9-34-18)20(24(30)25(28)31)23(29)15-5-6-16-17(12-15)33-8-7-32-16/h3-6,9-12,22,29H,7-8H2,1-2H3. The van der Waals surface area contributed by atoms with Crippen molar-refractivity contribution in [2.24, 2.45) is 0 Å². The van der Waals surface area contributed by atoms with Crippen molar-refractivity contribution in [2.75, 3.05) is 18.1 Å². The molecule has 4 aromatic rings. The van der Waals surface area contributed by atoms with Crippen LogP contribution in [0.5, 0.6) is 11.5 Å². The smallest absolute Gasteiger partial charge is 0.301 e. The number of thiazole rings is 1. The SMILES string of the molecule is Cc1cc(C)c2nc(N3C(=O)C(=O)C(=C(O)c4ccc5c(c4)OCCO5)C3c3cccs3)sc2c1. The Hall–Kier alpha value is -3.69. The first-order chi connectivity index (χ1) is 16.9. The number of carbonyl (C=O) groups excluding carboxylic acids is 2. The number of aryl methyl sites for hydroxylation is 2. The number of Topliss-reactive ketones (excluding diaryl/α,β-unsaturated/α-hetero) is 1. The summed E-state index contributed by atoms with van der Waals surface area (Å²) in [7, 11) is 0. The van der Waals surface area contributed by atoms with Crippen molar-refractivity contribution in [1.29, 1.82) is 0 Å². The van der Waals surface area contributed by atoms with Gasteiger partial charge in [-0.3, -0.25) is 14.5 Å². The summed E-state index contributed by atoms with van der Waals surface area (Å²) in [5, 5.41) is 13.6. The van der Waals surface area contributed by atoms with Crippen molar-refractivity contribution in [3.05, 3.63) is 75.0 Å². The van der Waals surface area contributed by atoms with Crippen LogP contribution in [0.1, 0.15) is 27.6 Å². The highest BCUT2D eigenvalue weighted by atomic mass is 32.1. The topological polar surface area (TPSA) is 89.0 Å². The molecule has 35 heavy (non-hydrogen) atoms. The number of aromatic nitrogens is 1. The lowest BCUT2D eigenvalue weighted by molar-refractivity contribution is -0.132. The summed E-state index contributed by atoms with van der Waals surface area (Å²) >= 11 is 2.78. The van der Waals surface area contributed by atoms with Gasteiger partial charge in [0.05, 0.1) is 15.8 Å². The molecule has 0 bridgehead atoms. The van der Waals surface area contributed by atoms with E-state index in [2.05, 4.69) is 0 Å². The Morgan fingerprint density at radius 3 is 2.66 bits per heavy atom. The number of ether oxygens (including phenoxy) is 2. The number of aliphatic hydroxyl groups is 1. The van der Waals surface area contributed by atoms with E-state index in [0.29, 0.717) is 35.4 Å². The predicted octanol–water partition coefficient (Wildman–Crippen LogP) is 5.37. The Labute approximate surface area is 208 Å². The number of aliphatic hydroxyl groups excluding tert-OH is 1. The number of benzene rings is 2. The average Bonchev–Trinajstić information content (AvgIpc) is 3.57. The lowest BCUT2D eigenvalue weighted by Crippen LogP contribution is -2.28. The molecular weight excluding hydrogens is 484 g/mol. The summed E-state index contributed by atoms with van der Waals surface area (Å²) in [5.41, 5.74) is 3.31. The second kappa shape index (κ2) is 8.21. The molecule has 1 atom stereocenters. The summed E-state index contributed by atoms with van der Waals surface area (Å²) in [6.07, 6.45) is 0. The van der Waals surface area contributed by atoms with Gasteiger partial charge in [-0.25, -0.2) is 4.98 Å². The van der Waals surface area contributed by atoms with Crippen LogP contribution in [-0.4, -0.2) is 35.0 Å². The number of fused-ring (bicyclic) bond motifs is 2. The molecule has 4 heterocycles. The molecule has 1 fully saturated rings. The minimum atomic E-state index is -0.787. The maximum absolute atomic E-state index is 13.4. The normalized spacial score (nSPS) is 19.0. The lowest BCUT2D eigenvalue weighted by atomic mass is 9.99. The van der Waals surface area contributed by atoms with Gasteiger partial charge in [0.2, 0.25) is 0 Å². The molecule has 0 radical (unpaired) electrons. The highest BCUT2D eigenvalue weighted by molar-refractivity contribution is 7.22. The van der Waals surface area contributed by atoms with E-state index in [1.807, 2.05) is 43.5 Å². The van der Waals surface area contributed by atoms with Gasteiger partial charge in [0, 0.05) is 10.4 Å². The highest BCUT2D eigenvalue weighted by Gasteiger charge is 2.48. The molecule has 0 saturated carbocycles.